The Morgan fingerprint density at radius 1 is 1.22 bits per heavy atom. The fourth-order valence-electron chi connectivity index (χ4n) is 4.32. The zero-order valence-corrected chi connectivity index (χ0v) is 18.3. The molecule has 168 valence electrons. The average Bonchev–Trinajstić information content (AvgIpc) is 3.38. The number of hydrogen-bond donors (Lipinski definition) is 3. The third kappa shape index (κ3) is 4.74. The van der Waals surface area contributed by atoms with Gasteiger partial charge in [-0.15, -0.1) is 0 Å². The van der Waals surface area contributed by atoms with E-state index < -0.39 is 12.1 Å². The van der Waals surface area contributed by atoms with Crippen LogP contribution in [0.3, 0.4) is 0 Å². The number of rotatable bonds is 7. The lowest BCUT2D eigenvalue weighted by molar-refractivity contribution is -0.128. The first-order chi connectivity index (χ1) is 15.4. The number of amides is 1. The number of halogens is 1. The van der Waals surface area contributed by atoms with Crippen LogP contribution in [0, 0.1) is 11.7 Å². The summed E-state index contributed by atoms with van der Waals surface area (Å²) < 4.78 is 13.4. The van der Waals surface area contributed by atoms with Crippen molar-refractivity contribution in [2.75, 3.05) is 13.1 Å². The van der Waals surface area contributed by atoms with Crippen molar-refractivity contribution in [3.05, 3.63) is 77.7 Å². The second-order valence-corrected chi connectivity index (χ2v) is 8.80. The number of aliphatic hydroxyl groups excluding tert-OH is 1. The molecule has 1 amide bonds. The number of carbonyl (C=O) groups is 1. The van der Waals surface area contributed by atoms with Crippen LogP contribution < -0.4 is 5.32 Å². The highest BCUT2D eigenvalue weighted by Crippen LogP contribution is 2.34. The maximum absolute atomic E-state index is 13.4. The molecule has 32 heavy (non-hydrogen) atoms. The summed E-state index contributed by atoms with van der Waals surface area (Å²) in [5, 5.41) is 21.4. The minimum absolute atomic E-state index is 0.194. The second-order valence-electron chi connectivity index (χ2n) is 8.80. The Hall–Kier alpha value is -3.03. The number of nitrogens with zero attached hydrogens (tertiary/aromatic N) is 2. The number of H-pyrrole nitrogens is 1. The van der Waals surface area contributed by atoms with Gasteiger partial charge in [0.05, 0.1) is 18.0 Å². The topological polar surface area (TPSA) is 81.2 Å². The smallest absolute Gasteiger partial charge is 0.240 e. The Bertz CT molecular complexity index is 1040. The monoisotopic (exact) mass is 436 g/mol. The summed E-state index contributed by atoms with van der Waals surface area (Å²) in [6, 6.07) is 15.3. The Balaban J connectivity index is 1.61. The van der Waals surface area contributed by atoms with Crippen LogP contribution in [0.1, 0.15) is 30.9 Å². The van der Waals surface area contributed by atoms with Gasteiger partial charge in [0.1, 0.15) is 11.9 Å². The lowest BCUT2D eigenvalue weighted by Gasteiger charge is -2.25. The lowest BCUT2D eigenvalue weighted by Crippen LogP contribution is -2.48. The molecule has 3 atom stereocenters. The van der Waals surface area contributed by atoms with E-state index in [9.17, 15) is 14.3 Å². The van der Waals surface area contributed by atoms with E-state index in [1.165, 1.54) is 12.1 Å². The molecule has 0 saturated carbocycles. The summed E-state index contributed by atoms with van der Waals surface area (Å²) in [6.07, 6.45) is 0.864. The Morgan fingerprint density at radius 2 is 1.94 bits per heavy atom. The number of aromatic amines is 1. The van der Waals surface area contributed by atoms with Gasteiger partial charge >= 0.3 is 0 Å². The third-order valence-electron chi connectivity index (χ3n) is 5.97. The fourth-order valence-corrected chi connectivity index (χ4v) is 4.32. The highest BCUT2D eigenvalue weighted by Gasteiger charge is 2.45. The zero-order valence-electron chi connectivity index (χ0n) is 18.3. The van der Waals surface area contributed by atoms with Gasteiger partial charge in [0.25, 0.3) is 0 Å². The largest absolute Gasteiger partial charge is 0.390 e. The summed E-state index contributed by atoms with van der Waals surface area (Å²) in [5.41, 5.74) is 3.67. The predicted molar refractivity (Wildman–Crippen MR) is 121 cm³/mol. The van der Waals surface area contributed by atoms with Crippen LogP contribution in [0.4, 0.5) is 4.39 Å². The molecule has 2 heterocycles. The van der Waals surface area contributed by atoms with Gasteiger partial charge in [-0.05, 0) is 29.2 Å². The number of benzene rings is 2. The number of hydrogen-bond acceptors (Lipinski definition) is 4. The molecular formula is C25H29FN4O2. The number of aliphatic hydroxyl groups is 1. The van der Waals surface area contributed by atoms with Gasteiger partial charge in [-0.2, -0.15) is 5.10 Å². The summed E-state index contributed by atoms with van der Waals surface area (Å²) in [4.78, 5) is 15.1. The molecule has 1 aliphatic rings. The number of likely N-dealkylation sites (tertiary alicyclic amines) is 1. The quantitative estimate of drug-likeness (QED) is 0.531. The molecule has 3 N–H and O–H groups in total. The van der Waals surface area contributed by atoms with E-state index in [0.29, 0.717) is 25.6 Å². The lowest BCUT2D eigenvalue weighted by atomic mass is 9.93. The van der Waals surface area contributed by atoms with Crippen molar-refractivity contribution in [1.82, 2.24) is 20.4 Å². The van der Waals surface area contributed by atoms with Crippen LogP contribution in [-0.2, 0) is 11.3 Å². The first-order valence-corrected chi connectivity index (χ1v) is 11.0. The van der Waals surface area contributed by atoms with Crippen molar-refractivity contribution in [3.8, 4) is 11.3 Å². The van der Waals surface area contributed by atoms with Crippen LogP contribution in [0.25, 0.3) is 11.3 Å². The molecule has 2 aromatic carbocycles. The molecule has 1 aliphatic heterocycles. The van der Waals surface area contributed by atoms with Gasteiger partial charge in [-0.3, -0.25) is 14.8 Å². The average molecular weight is 437 g/mol. The standard InChI is InChI=1S/C25H29FN4O2/c1-16(2)12-27-25(32)23-24(31)21(17-8-10-20(26)11-9-17)15-30(23)14-19-13-28-29-22(19)18-6-4-3-5-7-18/h3-11,13,16,21,23-24,31H,12,14-15H2,1-2H3,(H,27,32)(H,28,29)/t21-,23+,24-/m1/s1. The minimum Gasteiger partial charge on any atom is -0.390 e. The van der Waals surface area contributed by atoms with E-state index in [4.69, 9.17) is 0 Å². The predicted octanol–water partition coefficient (Wildman–Crippen LogP) is 3.32. The highest BCUT2D eigenvalue weighted by atomic mass is 19.1. The van der Waals surface area contributed by atoms with Gasteiger partial charge < -0.3 is 10.4 Å². The maximum Gasteiger partial charge on any atom is 0.240 e. The van der Waals surface area contributed by atoms with E-state index in [0.717, 1.165) is 22.4 Å². The van der Waals surface area contributed by atoms with Crippen molar-refractivity contribution in [2.24, 2.45) is 5.92 Å². The van der Waals surface area contributed by atoms with E-state index in [1.54, 1.807) is 18.3 Å². The van der Waals surface area contributed by atoms with E-state index in [-0.39, 0.29) is 17.6 Å². The highest BCUT2D eigenvalue weighted by molar-refractivity contribution is 5.83. The normalized spacial score (nSPS) is 21.2. The van der Waals surface area contributed by atoms with Crippen molar-refractivity contribution in [2.45, 2.75) is 38.5 Å². The van der Waals surface area contributed by atoms with E-state index in [2.05, 4.69) is 15.5 Å². The van der Waals surface area contributed by atoms with Crippen LogP contribution in [0.5, 0.6) is 0 Å². The molecule has 1 saturated heterocycles. The molecule has 1 aromatic heterocycles. The fraction of sp³-hybridized carbons (Fsp3) is 0.360. The summed E-state index contributed by atoms with van der Waals surface area (Å²) in [6.45, 7) is 5.53. The molecule has 0 radical (unpaired) electrons. The van der Waals surface area contributed by atoms with Gasteiger partial charge in [-0.1, -0.05) is 56.3 Å². The Kier molecular flexibility index (Phi) is 6.67. The summed E-state index contributed by atoms with van der Waals surface area (Å²) in [5.74, 6) is -0.509. The first-order valence-electron chi connectivity index (χ1n) is 11.0. The molecule has 0 unspecified atom stereocenters. The molecule has 0 aliphatic carbocycles. The van der Waals surface area contributed by atoms with E-state index >= 15 is 0 Å². The summed E-state index contributed by atoms with van der Waals surface area (Å²) in [7, 11) is 0. The molecular weight excluding hydrogens is 407 g/mol. The van der Waals surface area contributed by atoms with Crippen molar-refractivity contribution < 1.29 is 14.3 Å². The first kappa shape index (κ1) is 22.2. The van der Waals surface area contributed by atoms with E-state index in [1.807, 2.05) is 49.1 Å². The number of carbonyl (C=O) groups excluding carboxylic acids is 1. The third-order valence-corrected chi connectivity index (χ3v) is 5.97. The molecule has 3 aromatic rings. The van der Waals surface area contributed by atoms with Crippen molar-refractivity contribution >= 4 is 5.91 Å². The van der Waals surface area contributed by atoms with Crippen LogP contribution >= 0.6 is 0 Å². The second kappa shape index (κ2) is 9.63. The molecule has 6 nitrogen and oxygen atoms in total. The molecule has 0 bridgehead atoms. The van der Waals surface area contributed by atoms with Gasteiger partial charge in [-0.25, -0.2) is 4.39 Å². The summed E-state index contributed by atoms with van der Waals surface area (Å²) >= 11 is 0. The van der Waals surface area contributed by atoms with Gasteiger partial charge in [0, 0.05) is 31.1 Å². The van der Waals surface area contributed by atoms with Gasteiger partial charge in [0.2, 0.25) is 5.91 Å². The zero-order chi connectivity index (χ0) is 22.7. The molecule has 0 spiro atoms. The van der Waals surface area contributed by atoms with Crippen molar-refractivity contribution in [3.63, 3.8) is 0 Å². The SMILES string of the molecule is CC(C)CNC(=O)[C@@H]1[C@H](O)[C@@H](c2ccc(F)cc2)CN1Cc1cn[nH]c1-c1ccccc1. The van der Waals surface area contributed by atoms with Crippen LogP contribution in [0.2, 0.25) is 0 Å². The molecule has 1 fully saturated rings. The number of aromatic nitrogens is 2. The Labute approximate surface area is 187 Å². The van der Waals surface area contributed by atoms with Gasteiger partial charge in [0.15, 0.2) is 0 Å². The van der Waals surface area contributed by atoms with Crippen LogP contribution in [0.15, 0.2) is 60.8 Å². The number of nitrogens with one attached hydrogen (secondary N) is 2. The minimum atomic E-state index is -0.903. The Morgan fingerprint density at radius 3 is 2.62 bits per heavy atom. The van der Waals surface area contributed by atoms with Crippen LogP contribution in [-0.4, -0.2) is 51.3 Å². The molecule has 4 rings (SSSR count). The maximum atomic E-state index is 13.4. The molecule has 7 heteroatoms. The van der Waals surface area contributed by atoms with Crippen molar-refractivity contribution in [1.29, 1.82) is 0 Å².